The topological polar surface area (TPSA) is 58.0 Å². The van der Waals surface area contributed by atoms with Crippen molar-refractivity contribution in [3.05, 3.63) is 18.3 Å². The third kappa shape index (κ3) is 3.40. The molecule has 94 valence electrons. The Balaban J connectivity index is 1.83. The standard InChI is InChI=1S/C13H21N3O/c1-2-11-5-7-13(17,8-6-11)10-14-12-4-3-9-15-16-12/h3-4,9,11,17H,2,5-8,10H2,1H3,(H,14,16). The summed E-state index contributed by atoms with van der Waals surface area (Å²) < 4.78 is 0. The lowest BCUT2D eigenvalue weighted by Gasteiger charge is -2.35. The van der Waals surface area contributed by atoms with Crippen molar-refractivity contribution in [3.63, 3.8) is 0 Å². The predicted molar refractivity (Wildman–Crippen MR) is 67.7 cm³/mol. The van der Waals surface area contributed by atoms with Gasteiger partial charge in [-0.25, -0.2) is 0 Å². The molecule has 0 saturated heterocycles. The average molecular weight is 235 g/mol. The van der Waals surface area contributed by atoms with Gasteiger partial charge in [0.25, 0.3) is 0 Å². The molecule has 4 nitrogen and oxygen atoms in total. The van der Waals surface area contributed by atoms with E-state index in [1.54, 1.807) is 6.20 Å². The largest absolute Gasteiger partial charge is 0.388 e. The highest BCUT2D eigenvalue weighted by Crippen LogP contribution is 2.33. The second kappa shape index (κ2) is 5.45. The third-order valence-electron chi connectivity index (χ3n) is 3.78. The highest BCUT2D eigenvalue weighted by Gasteiger charge is 2.32. The molecule has 0 spiro atoms. The van der Waals surface area contributed by atoms with Crippen molar-refractivity contribution in [3.8, 4) is 0 Å². The first-order chi connectivity index (χ1) is 8.22. The number of aromatic nitrogens is 2. The maximum atomic E-state index is 10.4. The van der Waals surface area contributed by atoms with E-state index in [0.717, 1.165) is 37.4 Å². The molecular weight excluding hydrogens is 214 g/mol. The van der Waals surface area contributed by atoms with Crippen molar-refractivity contribution >= 4 is 5.82 Å². The van der Waals surface area contributed by atoms with Crippen LogP contribution in [0.2, 0.25) is 0 Å². The molecular formula is C13H21N3O. The Morgan fingerprint density at radius 1 is 1.47 bits per heavy atom. The fraction of sp³-hybridized carbons (Fsp3) is 0.692. The fourth-order valence-electron chi connectivity index (χ4n) is 2.45. The van der Waals surface area contributed by atoms with Crippen LogP contribution in [0.5, 0.6) is 0 Å². The molecule has 0 aromatic carbocycles. The lowest BCUT2D eigenvalue weighted by molar-refractivity contribution is 0.00222. The van der Waals surface area contributed by atoms with Gasteiger partial charge in [0, 0.05) is 12.7 Å². The van der Waals surface area contributed by atoms with Crippen molar-refractivity contribution in [2.24, 2.45) is 5.92 Å². The SMILES string of the molecule is CCC1CCC(O)(CNc2cccnn2)CC1. The summed E-state index contributed by atoms with van der Waals surface area (Å²) in [6.45, 7) is 2.80. The van der Waals surface area contributed by atoms with Crippen LogP contribution in [0.3, 0.4) is 0 Å². The van der Waals surface area contributed by atoms with Crippen LogP contribution < -0.4 is 5.32 Å². The molecule has 17 heavy (non-hydrogen) atoms. The molecule has 1 fully saturated rings. The van der Waals surface area contributed by atoms with Gasteiger partial charge in [0.15, 0.2) is 0 Å². The zero-order valence-electron chi connectivity index (χ0n) is 10.4. The van der Waals surface area contributed by atoms with E-state index in [4.69, 9.17) is 0 Å². The maximum absolute atomic E-state index is 10.4. The third-order valence-corrected chi connectivity index (χ3v) is 3.78. The number of anilines is 1. The number of nitrogens with one attached hydrogen (secondary N) is 1. The Morgan fingerprint density at radius 2 is 2.24 bits per heavy atom. The van der Waals surface area contributed by atoms with E-state index >= 15 is 0 Å². The van der Waals surface area contributed by atoms with E-state index < -0.39 is 5.60 Å². The summed E-state index contributed by atoms with van der Waals surface area (Å²) in [4.78, 5) is 0. The van der Waals surface area contributed by atoms with Gasteiger partial charge in [-0.05, 0) is 43.7 Å². The molecule has 4 heteroatoms. The summed E-state index contributed by atoms with van der Waals surface area (Å²) >= 11 is 0. The Hall–Kier alpha value is -1.16. The van der Waals surface area contributed by atoms with E-state index in [1.165, 1.54) is 6.42 Å². The second-order valence-corrected chi connectivity index (χ2v) is 5.04. The quantitative estimate of drug-likeness (QED) is 0.840. The van der Waals surface area contributed by atoms with Gasteiger partial charge in [-0.2, -0.15) is 5.10 Å². The van der Waals surface area contributed by atoms with E-state index in [9.17, 15) is 5.11 Å². The molecule has 0 radical (unpaired) electrons. The van der Waals surface area contributed by atoms with Crippen LogP contribution >= 0.6 is 0 Å². The van der Waals surface area contributed by atoms with Gasteiger partial charge in [0.2, 0.25) is 0 Å². The molecule has 0 aliphatic heterocycles. The highest BCUT2D eigenvalue weighted by molar-refractivity contribution is 5.32. The second-order valence-electron chi connectivity index (χ2n) is 5.04. The zero-order chi connectivity index (χ0) is 12.1. The molecule has 1 aromatic rings. The number of hydrogen-bond donors (Lipinski definition) is 2. The van der Waals surface area contributed by atoms with Crippen molar-refractivity contribution in [2.75, 3.05) is 11.9 Å². The van der Waals surface area contributed by atoms with Crippen LogP contribution in [0.25, 0.3) is 0 Å². The Kier molecular flexibility index (Phi) is 3.94. The molecule has 1 aromatic heterocycles. The molecule has 0 unspecified atom stereocenters. The molecule has 1 aliphatic rings. The van der Waals surface area contributed by atoms with Gasteiger partial charge in [-0.15, -0.1) is 5.10 Å². The Labute approximate surface area is 102 Å². The van der Waals surface area contributed by atoms with Crippen molar-refractivity contribution in [1.29, 1.82) is 0 Å². The van der Waals surface area contributed by atoms with Gasteiger partial charge >= 0.3 is 0 Å². The molecule has 2 rings (SSSR count). The van der Waals surface area contributed by atoms with Crippen LogP contribution in [0, 0.1) is 5.92 Å². The van der Waals surface area contributed by atoms with Crippen molar-refractivity contribution in [2.45, 2.75) is 44.6 Å². The average Bonchev–Trinajstić information content (AvgIpc) is 2.39. The first kappa shape index (κ1) is 12.3. The number of nitrogens with zero attached hydrogens (tertiary/aromatic N) is 2. The normalized spacial score (nSPS) is 28.9. The van der Waals surface area contributed by atoms with Gasteiger partial charge in [0.05, 0.1) is 5.60 Å². The minimum Gasteiger partial charge on any atom is -0.388 e. The van der Waals surface area contributed by atoms with Crippen LogP contribution in [0.4, 0.5) is 5.82 Å². The van der Waals surface area contributed by atoms with E-state index in [-0.39, 0.29) is 0 Å². The summed E-state index contributed by atoms with van der Waals surface area (Å²) in [6.07, 6.45) is 6.92. The number of rotatable bonds is 4. The van der Waals surface area contributed by atoms with E-state index in [1.807, 2.05) is 12.1 Å². The van der Waals surface area contributed by atoms with Gasteiger partial charge in [-0.1, -0.05) is 13.3 Å². The van der Waals surface area contributed by atoms with Gasteiger partial charge in [0.1, 0.15) is 5.82 Å². The summed E-state index contributed by atoms with van der Waals surface area (Å²) in [6, 6.07) is 3.71. The van der Waals surface area contributed by atoms with Crippen molar-refractivity contribution < 1.29 is 5.11 Å². The van der Waals surface area contributed by atoms with E-state index in [0.29, 0.717) is 6.54 Å². The van der Waals surface area contributed by atoms with Crippen LogP contribution in [-0.4, -0.2) is 27.4 Å². The molecule has 2 N–H and O–H groups in total. The molecule has 1 aliphatic carbocycles. The molecule has 1 heterocycles. The zero-order valence-corrected chi connectivity index (χ0v) is 10.4. The van der Waals surface area contributed by atoms with Crippen LogP contribution in [-0.2, 0) is 0 Å². The van der Waals surface area contributed by atoms with Crippen molar-refractivity contribution in [1.82, 2.24) is 10.2 Å². The Bertz CT molecular complexity index is 334. The monoisotopic (exact) mass is 235 g/mol. The first-order valence-corrected chi connectivity index (χ1v) is 6.46. The minimum absolute atomic E-state index is 0.566. The molecule has 0 amide bonds. The molecule has 0 bridgehead atoms. The van der Waals surface area contributed by atoms with E-state index in [2.05, 4.69) is 22.4 Å². The number of hydrogen-bond acceptors (Lipinski definition) is 4. The summed E-state index contributed by atoms with van der Waals surface area (Å²) in [7, 11) is 0. The first-order valence-electron chi connectivity index (χ1n) is 6.46. The maximum Gasteiger partial charge on any atom is 0.148 e. The van der Waals surface area contributed by atoms with Gasteiger partial charge in [-0.3, -0.25) is 0 Å². The Morgan fingerprint density at radius 3 is 2.82 bits per heavy atom. The summed E-state index contributed by atoms with van der Waals surface area (Å²) in [5.74, 6) is 1.53. The van der Waals surface area contributed by atoms with Crippen LogP contribution in [0.15, 0.2) is 18.3 Å². The molecule has 1 saturated carbocycles. The summed E-state index contributed by atoms with van der Waals surface area (Å²) in [5, 5.41) is 21.4. The molecule has 0 atom stereocenters. The smallest absolute Gasteiger partial charge is 0.148 e. The minimum atomic E-state index is -0.566. The lowest BCUT2D eigenvalue weighted by Crippen LogP contribution is -2.40. The number of aliphatic hydroxyl groups is 1. The lowest BCUT2D eigenvalue weighted by atomic mass is 9.78. The highest BCUT2D eigenvalue weighted by atomic mass is 16.3. The van der Waals surface area contributed by atoms with Crippen LogP contribution in [0.1, 0.15) is 39.0 Å². The predicted octanol–water partition coefficient (Wildman–Crippen LogP) is 2.22. The fourth-order valence-corrected chi connectivity index (χ4v) is 2.45. The summed E-state index contributed by atoms with van der Waals surface area (Å²) in [5.41, 5.74) is -0.566. The van der Waals surface area contributed by atoms with Gasteiger partial charge < -0.3 is 10.4 Å².